The second-order valence-electron chi connectivity index (χ2n) is 6.27. The van der Waals surface area contributed by atoms with Crippen molar-refractivity contribution in [1.29, 1.82) is 0 Å². The molecule has 94 valence electrons. The van der Waals surface area contributed by atoms with Gasteiger partial charge in [0.05, 0.1) is 6.54 Å². The summed E-state index contributed by atoms with van der Waals surface area (Å²) in [6.07, 6.45) is 4.43. The molecule has 1 saturated heterocycles. The third-order valence-corrected chi connectivity index (χ3v) is 3.83. The zero-order chi connectivity index (χ0) is 11.8. The lowest BCUT2D eigenvalue weighted by molar-refractivity contribution is -0.0685. The van der Waals surface area contributed by atoms with Crippen molar-refractivity contribution in [3.8, 4) is 0 Å². The number of hydrogen-bond acceptors (Lipinski definition) is 1. The van der Waals surface area contributed by atoms with Gasteiger partial charge in [-0.2, -0.15) is 0 Å². The van der Waals surface area contributed by atoms with Gasteiger partial charge in [0.15, 0.2) is 0 Å². The Labute approximate surface area is 97.2 Å². The molecule has 0 atom stereocenters. The number of alkyl halides is 2. The third-order valence-electron chi connectivity index (χ3n) is 3.83. The van der Waals surface area contributed by atoms with Gasteiger partial charge in [0.25, 0.3) is 5.92 Å². The Morgan fingerprint density at radius 3 is 2.38 bits per heavy atom. The van der Waals surface area contributed by atoms with Crippen molar-refractivity contribution in [2.75, 3.05) is 19.6 Å². The van der Waals surface area contributed by atoms with Gasteiger partial charge < -0.3 is 0 Å². The summed E-state index contributed by atoms with van der Waals surface area (Å²) in [5, 5.41) is 0. The first kappa shape index (κ1) is 12.3. The second kappa shape index (κ2) is 4.25. The molecule has 0 bridgehead atoms. The van der Waals surface area contributed by atoms with Gasteiger partial charge in [-0.15, -0.1) is 0 Å². The van der Waals surface area contributed by atoms with Crippen molar-refractivity contribution < 1.29 is 8.78 Å². The zero-order valence-corrected chi connectivity index (χ0v) is 10.4. The number of nitrogens with zero attached hydrogens (tertiary/aromatic N) is 1. The number of hydrogen-bond donors (Lipinski definition) is 0. The fraction of sp³-hybridized carbons (Fsp3) is 1.00. The molecule has 0 aromatic heterocycles. The zero-order valence-electron chi connectivity index (χ0n) is 10.4. The van der Waals surface area contributed by atoms with E-state index in [2.05, 4.69) is 13.8 Å². The molecule has 1 aliphatic heterocycles. The van der Waals surface area contributed by atoms with E-state index in [0.717, 1.165) is 13.1 Å². The fourth-order valence-electron chi connectivity index (χ4n) is 3.13. The maximum Gasteiger partial charge on any atom is 0.260 e. The Hall–Kier alpha value is -0.180. The molecule has 1 heterocycles. The van der Waals surface area contributed by atoms with Gasteiger partial charge in [-0.25, -0.2) is 8.78 Å². The molecule has 1 saturated carbocycles. The molecule has 0 N–H and O–H groups in total. The SMILES string of the molecule is CC(C)CC1(CN2CCCC(F)(F)C2)CC1. The van der Waals surface area contributed by atoms with Gasteiger partial charge in [0.2, 0.25) is 0 Å². The van der Waals surface area contributed by atoms with Crippen LogP contribution in [0.2, 0.25) is 0 Å². The molecular weight excluding hydrogens is 208 g/mol. The van der Waals surface area contributed by atoms with Crippen LogP contribution in [0.5, 0.6) is 0 Å². The van der Waals surface area contributed by atoms with Crippen LogP contribution < -0.4 is 0 Å². The first-order valence-electron chi connectivity index (χ1n) is 6.51. The van der Waals surface area contributed by atoms with Gasteiger partial charge in [-0.1, -0.05) is 13.8 Å². The highest BCUT2D eigenvalue weighted by Gasteiger charge is 2.46. The Morgan fingerprint density at radius 1 is 1.19 bits per heavy atom. The van der Waals surface area contributed by atoms with Gasteiger partial charge in [-0.3, -0.25) is 4.90 Å². The lowest BCUT2D eigenvalue weighted by Gasteiger charge is -2.35. The molecule has 16 heavy (non-hydrogen) atoms. The van der Waals surface area contributed by atoms with Gasteiger partial charge >= 0.3 is 0 Å². The molecule has 3 heteroatoms. The first-order valence-corrected chi connectivity index (χ1v) is 6.51. The molecule has 1 aliphatic carbocycles. The average molecular weight is 231 g/mol. The predicted molar refractivity (Wildman–Crippen MR) is 61.7 cm³/mol. The maximum absolute atomic E-state index is 13.3. The van der Waals surface area contributed by atoms with Gasteiger partial charge in [0.1, 0.15) is 0 Å². The highest BCUT2D eigenvalue weighted by molar-refractivity contribution is 4.97. The molecule has 0 aromatic carbocycles. The minimum atomic E-state index is -2.44. The quantitative estimate of drug-likeness (QED) is 0.715. The predicted octanol–water partition coefficient (Wildman–Crippen LogP) is 3.54. The number of piperidine rings is 1. The summed E-state index contributed by atoms with van der Waals surface area (Å²) in [6.45, 7) is 6.22. The van der Waals surface area contributed by atoms with E-state index in [0.29, 0.717) is 17.8 Å². The Morgan fingerprint density at radius 2 is 1.88 bits per heavy atom. The van der Waals surface area contributed by atoms with Crippen LogP contribution in [-0.2, 0) is 0 Å². The molecular formula is C13H23F2N. The van der Waals surface area contributed by atoms with E-state index in [1.165, 1.54) is 19.3 Å². The van der Waals surface area contributed by atoms with Crippen LogP contribution in [0.15, 0.2) is 0 Å². The van der Waals surface area contributed by atoms with Crippen LogP contribution in [0, 0.1) is 11.3 Å². The number of rotatable bonds is 4. The normalized spacial score (nSPS) is 28.3. The van der Waals surface area contributed by atoms with Gasteiger partial charge in [-0.05, 0) is 43.6 Å². The number of likely N-dealkylation sites (tertiary alicyclic amines) is 1. The minimum absolute atomic E-state index is 0.00710. The molecule has 2 fully saturated rings. The summed E-state index contributed by atoms with van der Waals surface area (Å²) in [6, 6.07) is 0. The van der Waals surface area contributed by atoms with Crippen molar-refractivity contribution in [2.45, 2.75) is 51.9 Å². The molecule has 2 aliphatic rings. The Balaban J connectivity index is 1.85. The van der Waals surface area contributed by atoms with Crippen LogP contribution in [0.4, 0.5) is 8.78 Å². The van der Waals surface area contributed by atoms with Gasteiger partial charge in [0, 0.05) is 13.0 Å². The summed E-state index contributed by atoms with van der Waals surface area (Å²) < 4.78 is 26.5. The molecule has 0 radical (unpaired) electrons. The van der Waals surface area contributed by atoms with Crippen molar-refractivity contribution in [3.63, 3.8) is 0 Å². The van der Waals surface area contributed by atoms with Crippen LogP contribution >= 0.6 is 0 Å². The van der Waals surface area contributed by atoms with Crippen LogP contribution in [0.1, 0.15) is 46.0 Å². The van der Waals surface area contributed by atoms with Crippen LogP contribution in [-0.4, -0.2) is 30.5 Å². The maximum atomic E-state index is 13.3. The van der Waals surface area contributed by atoms with E-state index >= 15 is 0 Å². The van der Waals surface area contributed by atoms with Crippen LogP contribution in [0.3, 0.4) is 0 Å². The van der Waals surface area contributed by atoms with Crippen molar-refractivity contribution in [2.24, 2.45) is 11.3 Å². The number of halogens is 2. The van der Waals surface area contributed by atoms with Crippen molar-refractivity contribution >= 4 is 0 Å². The molecule has 2 rings (SSSR count). The molecule has 0 aromatic rings. The smallest absolute Gasteiger partial charge is 0.260 e. The largest absolute Gasteiger partial charge is 0.297 e. The Kier molecular flexibility index (Phi) is 3.26. The summed E-state index contributed by atoms with van der Waals surface area (Å²) in [4.78, 5) is 2.00. The monoisotopic (exact) mass is 231 g/mol. The fourth-order valence-corrected chi connectivity index (χ4v) is 3.13. The molecule has 0 spiro atoms. The minimum Gasteiger partial charge on any atom is -0.297 e. The van der Waals surface area contributed by atoms with E-state index in [4.69, 9.17) is 0 Å². The van der Waals surface area contributed by atoms with E-state index in [9.17, 15) is 8.78 Å². The van der Waals surface area contributed by atoms with Crippen molar-refractivity contribution in [3.05, 3.63) is 0 Å². The Bertz CT molecular complexity index is 246. The second-order valence-corrected chi connectivity index (χ2v) is 6.27. The van der Waals surface area contributed by atoms with Crippen molar-refractivity contribution in [1.82, 2.24) is 4.90 Å². The van der Waals surface area contributed by atoms with E-state index < -0.39 is 5.92 Å². The molecule has 0 amide bonds. The van der Waals surface area contributed by atoms with Crippen LogP contribution in [0.25, 0.3) is 0 Å². The summed E-state index contributed by atoms with van der Waals surface area (Å²) in [5.74, 6) is -1.75. The summed E-state index contributed by atoms with van der Waals surface area (Å²) in [5.41, 5.74) is 0.390. The first-order chi connectivity index (χ1) is 7.41. The third kappa shape index (κ3) is 3.16. The van der Waals surface area contributed by atoms with E-state index in [1.807, 2.05) is 4.90 Å². The summed E-state index contributed by atoms with van der Waals surface area (Å²) >= 11 is 0. The lowest BCUT2D eigenvalue weighted by Crippen LogP contribution is -2.45. The topological polar surface area (TPSA) is 3.24 Å². The lowest BCUT2D eigenvalue weighted by atomic mass is 9.93. The average Bonchev–Trinajstić information content (AvgIpc) is 2.81. The molecule has 0 unspecified atom stereocenters. The molecule has 1 nitrogen and oxygen atoms in total. The highest BCUT2D eigenvalue weighted by atomic mass is 19.3. The summed E-state index contributed by atoms with van der Waals surface area (Å²) in [7, 11) is 0. The van der Waals surface area contributed by atoms with E-state index in [1.54, 1.807) is 0 Å². The standard InChI is InChI=1S/C13H23F2N/c1-11(2)8-12(5-6-12)9-16-7-3-4-13(14,15)10-16/h11H,3-10H2,1-2H3. The highest BCUT2D eigenvalue weighted by Crippen LogP contribution is 2.51. The van der Waals surface area contributed by atoms with E-state index in [-0.39, 0.29) is 13.0 Å².